The van der Waals surface area contributed by atoms with E-state index in [9.17, 15) is 9.90 Å². The van der Waals surface area contributed by atoms with Gasteiger partial charge in [0.2, 0.25) is 0 Å². The molecule has 14 heavy (non-hydrogen) atoms. The monoisotopic (exact) mass is 201 g/mol. The zero-order valence-electron chi connectivity index (χ0n) is 9.33. The molecule has 1 amide bonds. The van der Waals surface area contributed by atoms with Crippen molar-refractivity contribution in [3.63, 3.8) is 0 Å². The summed E-state index contributed by atoms with van der Waals surface area (Å²) in [5.41, 5.74) is -1.59. The molecule has 0 radical (unpaired) electrons. The van der Waals surface area contributed by atoms with E-state index in [1.165, 1.54) is 13.8 Å². The van der Waals surface area contributed by atoms with E-state index in [-0.39, 0.29) is 11.5 Å². The van der Waals surface area contributed by atoms with Crippen LogP contribution in [0.1, 0.15) is 27.7 Å². The topological polar surface area (TPSA) is 49.8 Å². The molecule has 82 valence electrons. The number of morpholine rings is 1. The van der Waals surface area contributed by atoms with Crippen LogP contribution in [0.5, 0.6) is 0 Å². The van der Waals surface area contributed by atoms with Crippen LogP contribution in [0.15, 0.2) is 0 Å². The minimum atomic E-state index is -1.28. The second-order valence-electron chi connectivity index (χ2n) is 4.89. The van der Waals surface area contributed by atoms with Gasteiger partial charge in [-0.25, -0.2) is 0 Å². The van der Waals surface area contributed by atoms with Gasteiger partial charge in [0.15, 0.2) is 0 Å². The Balaban J connectivity index is 2.66. The maximum absolute atomic E-state index is 11.7. The molecule has 0 aromatic heterocycles. The lowest BCUT2D eigenvalue weighted by molar-refractivity contribution is -0.161. The Bertz CT molecular complexity index is 230. The van der Waals surface area contributed by atoms with E-state index in [1.807, 2.05) is 13.8 Å². The summed E-state index contributed by atoms with van der Waals surface area (Å²) in [7, 11) is 0. The zero-order valence-corrected chi connectivity index (χ0v) is 9.33. The largest absolute Gasteiger partial charge is 0.381 e. The zero-order chi connectivity index (χ0) is 11.0. The van der Waals surface area contributed by atoms with Crippen LogP contribution in [-0.2, 0) is 9.53 Å². The second-order valence-corrected chi connectivity index (χ2v) is 4.89. The molecule has 1 rings (SSSR count). The maximum atomic E-state index is 11.7. The van der Waals surface area contributed by atoms with E-state index in [1.54, 1.807) is 4.90 Å². The molecule has 1 N–H and O–H groups in total. The third kappa shape index (κ3) is 2.69. The normalized spacial score (nSPS) is 22.2. The Morgan fingerprint density at radius 3 is 2.50 bits per heavy atom. The SMILES string of the molecule is CC1(C)CN(C(=O)C(C)(C)O)CCO1. The molecule has 1 fully saturated rings. The number of rotatable bonds is 1. The fourth-order valence-corrected chi connectivity index (χ4v) is 1.58. The number of hydrogen-bond acceptors (Lipinski definition) is 3. The van der Waals surface area contributed by atoms with Crippen molar-refractivity contribution < 1.29 is 14.6 Å². The van der Waals surface area contributed by atoms with Crippen molar-refractivity contribution in [2.75, 3.05) is 19.7 Å². The highest BCUT2D eigenvalue weighted by Gasteiger charge is 2.35. The summed E-state index contributed by atoms with van der Waals surface area (Å²) in [5, 5.41) is 9.58. The number of carbonyl (C=O) groups is 1. The molecule has 4 heteroatoms. The smallest absolute Gasteiger partial charge is 0.254 e. The number of amides is 1. The molecular weight excluding hydrogens is 182 g/mol. The summed E-state index contributed by atoms with van der Waals surface area (Å²) in [6.45, 7) is 8.54. The molecule has 4 nitrogen and oxygen atoms in total. The van der Waals surface area contributed by atoms with Crippen LogP contribution in [0.25, 0.3) is 0 Å². The Morgan fingerprint density at radius 1 is 1.50 bits per heavy atom. The minimum Gasteiger partial charge on any atom is -0.381 e. The average Bonchev–Trinajstić information content (AvgIpc) is 1.99. The summed E-state index contributed by atoms with van der Waals surface area (Å²) < 4.78 is 5.48. The quantitative estimate of drug-likeness (QED) is 0.668. The maximum Gasteiger partial charge on any atom is 0.254 e. The summed E-state index contributed by atoms with van der Waals surface area (Å²) in [6, 6.07) is 0. The van der Waals surface area contributed by atoms with Crippen molar-refractivity contribution in [3.8, 4) is 0 Å². The molecule has 0 aromatic carbocycles. The lowest BCUT2D eigenvalue weighted by Gasteiger charge is -2.40. The summed E-state index contributed by atoms with van der Waals surface area (Å²) in [5.74, 6) is -0.228. The molecule has 0 bridgehead atoms. The van der Waals surface area contributed by atoms with Gasteiger partial charge in [0.05, 0.1) is 12.2 Å². The highest BCUT2D eigenvalue weighted by molar-refractivity contribution is 5.84. The number of hydrogen-bond donors (Lipinski definition) is 1. The Morgan fingerprint density at radius 2 is 2.07 bits per heavy atom. The minimum absolute atomic E-state index is 0.228. The van der Waals surface area contributed by atoms with E-state index in [2.05, 4.69) is 0 Å². The van der Waals surface area contributed by atoms with Crippen molar-refractivity contribution in [2.45, 2.75) is 38.9 Å². The van der Waals surface area contributed by atoms with Gasteiger partial charge >= 0.3 is 0 Å². The Kier molecular flexibility index (Phi) is 2.88. The number of ether oxygens (including phenoxy) is 1. The van der Waals surface area contributed by atoms with Crippen molar-refractivity contribution in [1.29, 1.82) is 0 Å². The van der Waals surface area contributed by atoms with Gasteiger partial charge in [-0.3, -0.25) is 4.79 Å². The first-order chi connectivity index (χ1) is 6.22. The van der Waals surface area contributed by atoms with Crippen LogP contribution in [0.3, 0.4) is 0 Å². The fourth-order valence-electron chi connectivity index (χ4n) is 1.58. The predicted octanol–water partition coefficient (Wildman–Crippen LogP) is 0.395. The fraction of sp³-hybridized carbons (Fsp3) is 0.900. The van der Waals surface area contributed by atoms with Crippen LogP contribution in [0, 0.1) is 0 Å². The first kappa shape index (κ1) is 11.5. The van der Waals surface area contributed by atoms with Crippen molar-refractivity contribution in [3.05, 3.63) is 0 Å². The van der Waals surface area contributed by atoms with Gasteiger partial charge in [-0.1, -0.05) is 0 Å². The van der Waals surface area contributed by atoms with E-state index in [0.717, 1.165) is 0 Å². The van der Waals surface area contributed by atoms with Crippen LogP contribution < -0.4 is 0 Å². The average molecular weight is 201 g/mol. The van der Waals surface area contributed by atoms with Gasteiger partial charge in [-0.15, -0.1) is 0 Å². The van der Waals surface area contributed by atoms with Crippen LogP contribution in [-0.4, -0.2) is 46.8 Å². The van der Waals surface area contributed by atoms with Crippen LogP contribution in [0.4, 0.5) is 0 Å². The Hall–Kier alpha value is -0.610. The second kappa shape index (κ2) is 3.51. The number of carbonyl (C=O) groups excluding carboxylic acids is 1. The van der Waals surface area contributed by atoms with Crippen LogP contribution >= 0.6 is 0 Å². The molecule has 1 aliphatic rings. The van der Waals surface area contributed by atoms with Gasteiger partial charge in [0, 0.05) is 13.1 Å². The summed E-state index contributed by atoms with van der Waals surface area (Å²) >= 11 is 0. The van der Waals surface area contributed by atoms with Gasteiger partial charge in [-0.2, -0.15) is 0 Å². The highest BCUT2D eigenvalue weighted by atomic mass is 16.5. The lowest BCUT2D eigenvalue weighted by atomic mass is 10.0. The molecule has 0 saturated carbocycles. The molecular formula is C10H19NO3. The van der Waals surface area contributed by atoms with E-state index < -0.39 is 5.60 Å². The number of aliphatic hydroxyl groups is 1. The van der Waals surface area contributed by atoms with Gasteiger partial charge < -0.3 is 14.7 Å². The summed E-state index contributed by atoms with van der Waals surface area (Å²) in [4.78, 5) is 13.4. The third-order valence-corrected chi connectivity index (χ3v) is 2.24. The van der Waals surface area contributed by atoms with Crippen molar-refractivity contribution in [2.24, 2.45) is 0 Å². The Labute approximate surface area is 84.8 Å². The van der Waals surface area contributed by atoms with E-state index in [0.29, 0.717) is 19.7 Å². The number of nitrogens with zero attached hydrogens (tertiary/aromatic N) is 1. The van der Waals surface area contributed by atoms with Crippen molar-refractivity contribution >= 4 is 5.91 Å². The van der Waals surface area contributed by atoms with E-state index in [4.69, 9.17) is 4.74 Å². The first-order valence-corrected chi connectivity index (χ1v) is 4.88. The molecule has 1 saturated heterocycles. The molecule has 0 aromatic rings. The molecule has 0 spiro atoms. The lowest BCUT2D eigenvalue weighted by Crippen LogP contribution is -2.55. The predicted molar refractivity (Wildman–Crippen MR) is 52.9 cm³/mol. The molecule has 0 aliphatic carbocycles. The van der Waals surface area contributed by atoms with Gasteiger partial charge in [0.1, 0.15) is 5.60 Å². The third-order valence-electron chi connectivity index (χ3n) is 2.24. The van der Waals surface area contributed by atoms with Crippen LogP contribution in [0.2, 0.25) is 0 Å². The van der Waals surface area contributed by atoms with Gasteiger partial charge in [0.25, 0.3) is 5.91 Å². The van der Waals surface area contributed by atoms with Crippen molar-refractivity contribution in [1.82, 2.24) is 4.90 Å². The van der Waals surface area contributed by atoms with Gasteiger partial charge in [-0.05, 0) is 27.7 Å². The molecule has 1 heterocycles. The highest BCUT2D eigenvalue weighted by Crippen LogP contribution is 2.19. The summed E-state index contributed by atoms with van der Waals surface area (Å²) in [6.07, 6.45) is 0. The van der Waals surface area contributed by atoms with E-state index >= 15 is 0 Å². The molecule has 0 atom stereocenters. The first-order valence-electron chi connectivity index (χ1n) is 4.88. The standard InChI is InChI=1S/C10H19NO3/c1-9(2)7-11(5-6-14-9)8(12)10(3,4)13/h13H,5-7H2,1-4H3. The molecule has 1 aliphatic heterocycles. The molecule has 0 unspecified atom stereocenters.